The Morgan fingerprint density at radius 3 is 2.41 bits per heavy atom. The predicted molar refractivity (Wildman–Crippen MR) is 114 cm³/mol. The molecule has 3 rings (SSSR count). The van der Waals surface area contributed by atoms with Crippen LogP contribution in [-0.2, 0) is 11.3 Å². The van der Waals surface area contributed by atoms with Gasteiger partial charge in [-0.05, 0) is 23.6 Å². The molecule has 0 fully saturated rings. The summed E-state index contributed by atoms with van der Waals surface area (Å²) in [7, 11) is 0. The van der Waals surface area contributed by atoms with Crippen LogP contribution in [0.1, 0.15) is 19.4 Å². The first-order valence-electron chi connectivity index (χ1n) is 9.17. The molecule has 0 aliphatic rings. The first kappa shape index (κ1) is 20.6. The van der Waals surface area contributed by atoms with E-state index < -0.39 is 17.2 Å². The molecule has 29 heavy (non-hydrogen) atoms. The van der Waals surface area contributed by atoms with Crippen molar-refractivity contribution in [1.82, 2.24) is 14.9 Å². The van der Waals surface area contributed by atoms with Gasteiger partial charge >= 0.3 is 6.03 Å². The molecule has 0 unspecified atom stereocenters. The third kappa shape index (κ3) is 4.83. The van der Waals surface area contributed by atoms with Crippen molar-refractivity contribution >= 4 is 34.6 Å². The quantitative estimate of drug-likeness (QED) is 0.480. The molecule has 0 radical (unpaired) electrons. The SMILES string of the molecule is CC(C)[C@@H](Sc1nc2ccccc2c(=O)n1Cc1ccccc1)C(=O)NC(N)=O. The fourth-order valence-electron chi connectivity index (χ4n) is 2.94. The maximum absolute atomic E-state index is 13.2. The number of benzene rings is 2. The van der Waals surface area contributed by atoms with Crippen LogP contribution in [0.5, 0.6) is 0 Å². The minimum Gasteiger partial charge on any atom is -0.351 e. The Kier molecular flexibility index (Phi) is 6.33. The molecular weight excluding hydrogens is 388 g/mol. The van der Waals surface area contributed by atoms with Crippen LogP contribution in [0.15, 0.2) is 64.5 Å². The second-order valence-electron chi connectivity index (χ2n) is 6.92. The summed E-state index contributed by atoms with van der Waals surface area (Å²) in [5, 5.41) is 2.41. The number of thioether (sulfide) groups is 1. The van der Waals surface area contributed by atoms with E-state index in [0.717, 1.165) is 17.3 Å². The lowest BCUT2D eigenvalue weighted by atomic mass is 10.1. The number of hydrogen-bond donors (Lipinski definition) is 2. The molecule has 2 aromatic carbocycles. The van der Waals surface area contributed by atoms with Crippen LogP contribution in [0.25, 0.3) is 10.9 Å². The van der Waals surface area contributed by atoms with Crippen LogP contribution in [0.2, 0.25) is 0 Å². The lowest BCUT2D eigenvalue weighted by Crippen LogP contribution is -2.42. The molecule has 1 heterocycles. The molecule has 3 N–H and O–H groups in total. The first-order chi connectivity index (χ1) is 13.9. The van der Waals surface area contributed by atoms with Crippen LogP contribution in [-0.4, -0.2) is 26.7 Å². The van der Waals surface area contributed by atoms with E-state index in [-0.39, 0.29) is 11.5 Å². The highest BCUT2D eigenvalue weighted by Gasteiger charge is 2.27. The van der Waals surface area contributed by atoms with Gasteiger partial charge in [0.2, 0.25) is 5.91 Å². The van der Waals surface area contributed by atoms with Crippen LogP contribution >= 0.6 is 11.8 Å². The van der Waals surface area contributed by atoms with Crippen molar-refractivity contribution in [3.63, 3.8) is 0 Å². The van der Waals surface area contributed by atoms with Gasteiger partial charge in [0.25, 0.3) is 5.56 Å². The molecule has 150 valence electrons. The number of para-hydroxylation sites is 1. The molecule has 0 aliphatic heterocycles. The smallest absolute Gasteiger partial charge is 0.318 e. The number of rotatable bonds is 6. The van der Waals surface area contributed by atoms with E-state index in [1.807, 2.05) is 50.2 Å². The van der Waals surface area contributed by atoms with E-state index in [1.54, 1.807) is 22.8 Å². The zero-order chi connectivity index (χ0) is 21.0. The number of carbonyl (C=O) groups is 2. The number of nitrogens with zero attached hydrogens (tertiary/aromatic N) is 2. The average molecular weight is 410 g/mol. The van der Waals surface area contributed by atoms with E-state index in [2.05, 4.69) is 10.3 Å². The summed E-state index contributed by atoms with van der Waals surface area (Å²) >= 11 is 1.15. The Bertz CT molecular complexity index is 1100. The van der Waals surface area contributed by atoms with Crippen LogP contribution in [0.3, 0.4) is 0 Å². The Morgan fingerprint density at radius 2 is 1.76 bits per heavy atom. The number of aromatic nitrogens is 2. The standard InChI is InChI=1S/C21H22N4O3S/c1-13(2)17(18(26)24-20(22)28)29-21-23-16-11-7-6-10-15(16)19(27)25(21)12-14-8-4-3-5-9-14/h3-11,13,17H,12H2,1-2H3,(H3,22,24,26,28)/t17-/m1/s1. The highest BCUT2D eigenvalue weighted by Crippen LogP contribution is 2.28. The van der Waals surface area contributed by atoms with Gasteiger partial charge < -0.3 is 5.73 Å². The Hall–Kier alpha value is -3.13. The minimum atomic E-state index is -0.908. The molecule has 0 saturated heterocycles. The lowest BCUT2D eigenvalue weighted by molar-refractivity contribution is -0.120. The molecule has 7 nitrogen and oxygen atoms in total. The normalized spacial score (nSPS) is 12.1. The fraction of sp³-hybridized carbons (Fsp3) is 0.238. The zero-order valence-electron chi connectivity index (χ0n) is 16.2. The van der Waals surface area contributed by atoms with Gasteiger partial charge in [0.15, 0.2) is 5.16 Å². The van der Waals surface area contributed by atoms with Gasteiger partial charge in [0.05, 0.1) is 22.7 Å². The number of carbonyl (C=O) groups excluding carboxylic acids is 2. The maximum Gasteiger partial charge on any atom is 0.318 e. The van der Waals surface area contributed by atoms with E-state index in [9.17, 15) is 14.4 Å². The molecule has 3 amide bonds. The Balaban J connectivity index is 2.09. The highest BCUT2D eigenvalue weighted by atomic mass is 32.2. The summed E-state index contributed by atoms with van der Waals surface area (Å²) < 4.78 is 1.56. The summed E-state index contributed by atoms with van der Waals surface area (Å²) in [6.45, 7) is 4.04. The summed E-state index contributed by atoms with van der Waals surface area (Å²) in [4.78, 5) is 41.4. The first-order valence-corrected chi connectivity index (χ1v) is 10.0. The molecule has 1 aromatic heterocycles. The number of nitrogens with two attached hydrogens (primary N) is 1. The van der Waals surface area contributed by atoms with Crippen molar-refractivity contribution in [2.45, 2.75) is 30.8 Å². The third-order valence-corrected chi connectivity index (χ3v) is 5.89. The van der Waals surface area contributed by atoms with Gasteiger partial charge in [-0.1, -0.05) is 68.1 Å². The number of amides is 3. The van der Waals surface area contributed by atoms with E-state index in [4.69, 9.17) is 5.73 Å². The molecular formula is C21H22N4O3S. The van der Waals surface area contributed by atoms with Gasteiger partial charge in [-0.15, -0.1) is 0 Å². The summed E-state index contributed by atoms with van der Waals surface area (Å²) in [5.74, 6) is -0.626. The molecule has 3 aromatic rings. The largest absolute Gasteiger partial charge is 0.351 e. The van der Waals surface area contributed by atoms with Crippen molar-refractivity contribution in [2.75, 3.05) is 0 Å². The van der Waals surface area contributed by atoms with Crippen molar-refractivity contribution in [2.24, 2.45) is 11.7 Å². The molecule has 0 bridgehead atoms. The molecule has 0 spiro atoms. The number of nitrogens with one attached hydrogen (secondary N) is 1. The fourth-order valence-corrected chi connectivity index (χ4v) is 4.03. The number of fused-ring (bicyclic) bond motifs is 1. The predicted octanol–water partition coefficient (Wildman–Crippen LogP) is 2.76. The summed E-state index contributed by atoms with van der Waals surface area (Å²) in [6, 6.07) is 15.8. The van der Waals surface area contributed by atoms with Crippen molar-refractivity contribution in [3.8, 4) is 0 Å². The minimum absolute atomic E-state index is 0.118. The van der Waals surface area contributed by atoms with Gasteiger partial charge in [-0.2, -0.15) is 0 Å². The van der Waals surface area contributed by atoms with Crippen LogP contribution < -0.4 is 16.6 Å². The average Bonchev–Trinajstić information content (AvgIpc) is 2.68. The van der Waals surface area contributed by atoms with Crippen molar-refractivity contribution in [3.05, 3.63) is 70.5 Å². The number of urea groups is 1. The molecule has 0 saturated carbocycles. The van der Waals surface area contributed by atoms with E-state index in [1.165, 1.54) is 0 Å². The highest BCUT2D eigenvalue weighted by molar-refractivity contribution is 8.00. The molecule has 0 aliphatic carbocycles. The van der Waals surface area contributed by atoms with Gasteiger partial charge in [0, 0.05) is 0 Å². The molecule has 1 atom stereocenters. The second kappa shape index (κ2) is 8.91. The van der Waals surface area contributed by atoms with Crippen LogP contribution in [0.4, 0.5) is 4.79 Å². The van der Waals surface area contributed by atoms with Gasteiger partial charge in [-0.3, -0.25) is 19.5 Å². The number of imide groups is 1. The monoisotopic (exact) mass is 410 g/mol. The second-order valence-corrected chi connectivity index (χ2v) is 8.03. The Labute approximate surface area is 172 Å². The topological polar surface area (TPSA) is 107 Å². The summed E-state index contributed by atoms with van der Waals surface area (Å²) in [5.41, 5.74) is 6.42. The van der Waals surface area contributed by atoms with Crippen LogP contribution in [0, 0.1) is 5.92 Å². The van der Waals surface area contributed by atoms with E-state index in [0.29, 0.717) is 22.6 Å². The third-order valence-electron chi connectivity index (χ3n) is 4.35. The number of hydrogen-bond acceptors (Lipinski definition) is 5. The molecule has 8 heteroatoms. The maximum atomic E-state index is 13.2. The van der Waals surface area contributed by atoms with Gasteiger partial charge in [0.1, 0.15) is 0 Å². The lowest BCUT2D eigenvalue weighted by Gasteiger charge is -2.21. The summed E-state index contributed by atoms with van der Waals surface area (Å²) in [6.07, 6.45) is 0. The zero-order valence-corrected chi connectivity index (χ0v) is 17.0. The van der Waals surface area contributed by atoms with Gasteiger partial charge in [-0.25, -0.2) is 9.78 Å². The van der Waals surface area contributed by atoms with Crippen molar-refractivity contribution < 1.29 is 9.59 Å². The van der Waals surface area contributed by atoms with Crippen molar-refractivity contribution in [1.29, 1.82) is 0 Å². The van der Waals surface area contributed by atoms with E-state index >= 15 is 0 Å². The number of primary amides is 1. The Morgan fingerprint density at radius 1 is 1.10 bits per heavy atom.